The van der Waals surface area contributed by atoms with Crippen LogP contribution < -0.4 is 15.8 Å². The molecule has 0 atom stereocenters. The molecule has 0 bridgehead atoms. The van der Waals surface area contributed by atoms with Gasteiger partial charge in [0, 0.05) is 24.8 Å². The van der Waals surface area contributed by atoms with Crippen molar-refractivity contribution in [2.45, 2.75) is 32.2 Å². The molecule has 0 aliphatic heterocycles. The van der Waals surface area contributed by atoms with E-state index in [2.05, 4.69) is 5.32 Å². The van der Waals surface area contributed by atoms with Crippen LogP contribution in [0.15, 0.2) is 24.3 Å². The zero-order chi connectivity index (χ0) is 15.7. The maximum atomic E-state index is 12.1. The third-order valence-electron chi connectivity index (χ3n) is 3.68. The van der Waals surface area contributed by atoms with Crippen molar-refractivity contribution in [3.63, 3.8) is 0 Å². The minimum absolute atomic E-state index is 0. The van der Waals surface area contributed by atoms with Crippen molar-refractivity contribution < 1.29 is 14.3 Å². The minimum atomic E-state index is -0.334. The number of halogens is 1. The van der Waals surface area contributed by atoms with E-state index in [1.165, 1.54) is 0 Å². The van der Waals surface area contributed by atoms with Gasteiger partial charge in [-0.3, -0.25) is 4.79 Å². The molecule has 0 unspecified atom stereocenters. The van der Waals surface area contributed by atoms with E-state index in [0.29, 0.717) is 25.3 Å². The summed E-state index contributed by atoms with van der Waals surface area (Å²) in [7, 11) is 1.63. The number of methoxy groups -OCH3 is 1. The van der Waals surface area contributed by atoms with Gasteiger partial charge in [-0.15, -0.1) is 12.4 Å². The molecule has 0 spiro atoms. The summed E-state index contributed by atoms with van der Waals surface area (Å²) in [4.78, 5) is 12.1. The van der Waals surface area contributed by atoms with Gasteiger partial charge in [0.15, 0.2) is 0 Å². The third kappa shape index (κ3) is 6.64. The van der Waals surface area contributed by atoms with Gasteiger partial charge in [0.2, 0.25) is 0 Å². The van der Waals surface area contributed by atoms with Crippen LogP contribution in [0.3, 0.4) is 0 Å². The number of nitrogens with two attached hydrogens (primary N) is 1. The summed E-state index contributed by atoms with van der Waals surface area (Å²) in [6.07, 6.45) is 1.66. The second kappa shape index (κ2) is 10.4. The van der Waals surface area contributed by atoms with Gasteiger partial charge in [-0.05, 0) is 37.1 Å². The molecule has 22 heavy (non-hydrogen) atoms. The summed E-state index contributed by atoms with van der Waals surface area (Å²) in [6, 6.07) is 7.04. The molecule has 0 aromatic heterocycles. The van der Waals surface area contributed by atoms with Crippen LogP contribution in [0.5, 0.6) is 5.75 Å². The largest absolute Gasteiger partial charge is 0.491 e. The Hall–Kier alpha value is -1.30. The first kappa shape index (κ1) is 20.7. The van der Waals surface area contributed by atoms with Crippen LogP contribution in [-0.4, -0.2) is 38.3 Å². The first-order valence-electron chi connectivity index (χ1n) is 7.33. The highest BCUT2D eigenvalue weighted by molar-refractivity contribution is 5.94. The smallest absolute Gasteiger partial charge is 0.251 e. The number of amides is 1. The summed E-state index contributed by atoms with van der Waals surface area (Å²) in [6.45, 7) is 5.56. The zero-order valence-corrected chi connectivity index (χ0v) is 14.4. The number of ether oxygens (including phenoxy) is 2. The van der Waals surface area contributed by atoms with E-state index in [4.69, 9.17) is 15.2 Å². The number of rotatable bonds is 9. The van der Waals surface area contributed by atoms with E-state index in [0.717, 1.165) is 18.6 Å². The quantitative estimate of drug-likeness (QED) is 0.682. The van der Waals surface area contributed by atoms with E-state index >= 15 is 0 Å². The molecule has 1 aromatic rings. The molecule has 126 valence electrons. The normalized spacial score (nSPS) is 10.7. The van der Waals surface area contributed by atoms with Crippen molar-refractivity contribution in [3.05, 3.63) is 29.8 Å². The van der Waals surface area contributed by atoms with Crippen molar-refractivity contribution in [2.75, 3.05) is 26.9 Å². The van der Waals surface area contributed by atoms with Crippen LogP contribution in [0.25, 0.3) is 0 Å². The second-order valence-corrected chi connectivity index (χ2v) is 5.12. The van der Waals surface area contributed by atoms with Crippen LogP contribution in [0, 0.1) is 0 Å². The van der Waals surface area contributed by atoms with E-state index in [-0.39, 0.29) is 23.9 Å². The van der Waals surface area contributed by atoms with E-state index < -0.39 is 0 Å². The van der Waals surface area contributed by atoms with Crippen LogP contribution in [-0.2, 0) is 4.74 Å². The Balaban J connectivity index is 0.00000441. The van der Waals surface area contributed by atoms with Gasteiger partial charge < -0.3 is 20.5 Å². The lowest BCUT2D eigenvalue weighted by molar-refractivity contribution is 0.0942. The molecule has 0 fully saturated rings. The highest BCUT2D eigenvalue weighted by Crippen LogP contribution is 2.13. The minimum Gasteiger partial charge on any atom is -0.491 e. The Morgan fingerprint density at radius 1 is 1.18 bits per heavy atom. The highest BCUT2D eigenvalue weighted by Gasteiger charge is 2.21. The molecule has 5 nitrogen and oxygen atoms in total. The molecule has 3 N–H and O–H groups in total. The predicted octanol–water partition coefficient (Wildman–Crippen LogP) is 2.38. The Labute approximate surface area is 139 Å². The molecule has 0 heterocycles. The summed E-state index contributed by atoms with van der Waals surface area (Å²) in [5.41, 5.74) is 6.43. The Kier molecular flexibility index (Phi) is 9.81. The number of nitrogens with one attached hydrogen (secondary N) is 1. The molecule has 1 rings (SSSR count). The highest BCUT2D eigenvalue weighted by atomic mass is 35.5. The lowest BCUT2D eigenvalue weighted by atomic mass is 9.94. The fraction of sp³-hybridized carbons (Fsp3) is 0.562. The summed E-state index contributed by atoms with van der Waals surface area (Å²) in [5, 5.41) is 2.89. The molecule has 0 aliphatic carbocycles. The molecule has 1 amide bonds. The van der Waals surface area contributed by atoms with Crippen LogP contribution in [0.4, 0.5) is 0 Å². The van der Waals surface area contributed by atoms with Gasteiger partial charge in [0.1, 0.15) is 12.4 Å². The SMILES string of the molecule is CCC(N)(CC)CNC(=O)c1ccc(OCCOC)cc1.Cl. The maximum absolute atomic E-state index is 12.1. The topological polar surface area (TPSA) is 73.6 Å². The van der Waals surface area contributed by atoms with Crippen molar-refractivity contribution in [1.29, 1.82) is 0 Å². The van der Waals surface area contributed by atoms with Crippen molar-refractivity contribution in [1.82, 2.24) is 5.32 Å². The van der Waals surface area contributed by atoms with Gasteiger partial charge in [0.25, 0.3) is 5.91 Å². The monoisotopic (exact) mass is 330 g/mol. The number of hydrogen-bond acceptors (Lipinski definition) is 4. The van der Waals surface area contributed by atoms with E-state index in [1.807, 2.05) is 13.8 Å². The fourth-order valence-corrected chi connectivity index (χ4v) is 1.80. The first-order chi connectivity index (χ1) is 10.0. The molecule has 0 saturated heterocycles. The van der Waals surface area contributed by atoms with Crippen LogP contribution >= 0.6 is 12.4 Å². The molecule has 0 aliphatic rings. The number of carbonyl (C=O) groups excluding carboxylic acids is 1. The first-order valence-corrected chi connectivity index (χ1v) is 7.33. The van der Waals surface area contributed by atoms with Crippen molar-refractivity contribution >= 4 is 18.3 Å². The van der Waals surface area contributed by atoms with E-state index in [9.17, 15) is 4.79 Å². The van der Waals surface area contributed by atoms with E-state index in [1.54, 1.807) is 31.4 Å². The number of hydrogen-bond donors (Lipinski definition) is 2. The van der Waals surface area contributed by atoms with Crippen LogP contribution in [0.2, 0.25) is 0 Å². The fourth-order valence-electron chi connectivity index (χ4n) is 1.80. The molecule has 0 saturated carbocycles. The van der Waals surface area contributed by atoms with Gasteiger partial charge in [-0.25, -0.2) is 0 Å². The molecular formula is C16H27ClN2O3. The molecule has 6 heteroatoms. The Bertz CT molecular complexity index is 434. The lowest BCUT2D eigenvalue weighted by Crippen LogP contribution is -2.49. The van der Waals surface area contributed by atoms with Gasteiger partial charge in [-0.2, -0.15) is 0 Å². The van der Waals surface area contributed by atoms with Crippen LogP contribution in [0.1, 0.15) is 37.0 Å². The maximum Gasteiger partial charge on any atom is 0.251 e. The lowest BCUT2D eigenvalue weighted by Gasteiger charge is -2.26. The third-order valence-corrected chi connectivity index (χ3v) is 3.68. The number of benzene rings is 1. The van der Waals surface area contributed by atoms with Crippen molar-refractivity contribution in [3.8, 4) is 5.75 Å². The number of carbonyl (C=O) groups is 1. The van der Waals surface area contributed by atoms with Gasteiger partial charge in [0.05, 0.1) is 6.61 Å². The second-order valence-electron chi connectivity index (χ2n) is 5.12. The average Bonchev–Trinajstić information content (AvgIpc) is 2.53. The predicted molar refractivity (Wildman–Crippen MR) is 90.9 cm³/mol. The summed E-state index contributed by atoms with van der Waals surface area (Å²) >= 11 is 0. The molecule has 0 radical (unpaired) electrons. The molecular weight excluding hydrogens is 304 g/mol. The average molecular weight is 331 g/mol. The zero-order valence-electron chi connectivity index (χ0n) is 13.6. The van der Waals surface area contributed by atoms with Gasteiger partial charge >= 0.3 is 0 Å². The van der Waals surface area contributed by atoms with Crippen molar-refractivity contribution in [2.24, 2.45) is 5.73 Å². The summed E-state index contributed by atoms with van der Waals surface area (Å²) in [5.74, 6) is 0.606. The van der Waals surface area contributed by atoms with Gasteiger partial charge in [-0.1, -0.05) is 13.8 Å². The molecule has 1 aromatic carbocycles. The Morgan fingerprint density at radius 2 is 1.77 bits per heavy atom. The Morgan fingerprint density at radius 3 is 2.27 bits per heavy atom. The summed E-state index contributed by atoms with van der Waals surface area (Å²) < 4.78 is 10.4. The standard InChI is InChI=1S/C16H26N2O3.ClH/c1-4-16(17,5-2)12-18-15(19)13-6-8-14(9-7-13)21-11-10-20-3;/h6-9H,4-5,10-12,17H2,1-3H3,(H,18,19);1H.